The van der Waals surface area contributed by atoms with Crippen LogP contribution < -0.4 is 16.6 Å². The van der Waals surface area contributed by atoms with E-state index >= 15 is 0 Å². The number of para-hydroxylation sites is 1. The Hall–Kier alpha value is -2.19. The lowest BCUT2D eigenvalue weighted by Crippen LogP contribution is -2.42. The summed E-state index contributed by atoms with van der Waals surface area (Å²) in [6, 6.07) is 11.6. The van der Waals surface area contributed by atoms with Crippen LogP contribution in [0, 0.1) is 11.7 Å². The third kappa shape index (κ3) is 4.16. The Morgan fingerprint density at radius 3 is 2.77 bits per heavy atom. The highest BCUT2D eigenvalue weighted by molar-refractivity contribution is 6.30. The molecule has 1 N–H and O–H groups in total. The number of hydrogen-bond acceptors (Lipinski definition) is 4. The molecule has 30 heavy (non-hydrogen) atoms. The molecule has 9 heteroatoms. The summed E-state index contributed by atoms with van der Waals surface area (Å²) in [4.78, 5) is 25.9. The summed E-state index contributed by atoms with van der Waals surface area (Å²) in [6.07, 6.45) is -0.472. The van der Waals surface area contributed by atoms with E-state index in [0.717, 1.165) is 0 Å². The molecule has 1 saturated heterocycles. The first kappa shape index (κ1) is 22.5. The maximum absolute atomic E-state index is 14.0. The Morgan fingerprint density at radius 1 is 1.23 bits per heavy atom. The van der Waals surface area contributed by atoms with E-state index in [1.54, 1.807) is 37.4 Å². The molecule has 0 unspecified atom stereocenters. The van der Waals surface area contributed by atoms with Crippen molar-refractivity contribution in [2.45, 2.75) is 12.6 Å². The van der Waals surface area contributed by atoms with E-state index < -0.39 is 11.9 Å². The van der Waals surface area contributed by atoms with Gasteiger partial charge in [0.05, 0.1) is 28.6 Å². The largest absolute Gasteiger partial charge is 0.372 e. The van der Waals surface area contributed by atoms with Crippen LogP contribution >= 0.6 is 24.0 Å². The number of nitrogens with one attached hydrogen (secondary N) is 1. The van der Waals surface area contributed by atoms with Gasteiger partial charge in [-0.2, -0.15) is 0 Å². The van der Waals surface area contributed by atoms with Crippen molar-refractivity contribution in [3.63, 3.8) is 0 Å². The van der Waals surface area contributed by atoms with E-state index in [1.165, 1.54) is 21.3 Å². The monoisotopic (exact) mass is 453 g/mol. The molecule has 3 aromatic rings. The van der Waals surface area contributed by atoms with Crippen molar-refractivity contribution >= 4 is 34.9 Å². The molecule has 2 aromatic carbocycles. The zero-order valence-corrected chi connectivity index (χ0v) is 17.9. The van der Waals surface area contributed by atoms with Crippen LogP contribution in [0.15, 0.2) is 52.1 Å². The summed E-state index contributed by atoms with van der Waals surface area (Å²) < 4.78 is 22.7. The molecular weight excluding hydrogens is 432 g/mol. The van der Waals surface area contributed by atoms with Gasteiger partial charge in [-0.05, 0) is 29.8 Å². The van der Waals surface area contributed by atoms with E-state index in [0.29, 0.717) is 36.2 Å². The van der Waals surface area contributed by atoms with Crippen LogP contribution in [-0.2, 0) is 18.3 Å². The number of hydrogen-bond donors (Lipinski definition) is 1. The van der Waals surface area contributed by atoms with E-state index in [4.69, 9.17) is 16.3 Å². The summed E-state index contributed by atoms with van der Waals surface area (Å²) >= 11 is 5.81. The lowest BCUT2D eigenvalue weighted by atomic mass is 9.95. The fraction of sp³-hybridized carbons (Fsp3) is 0.333. The maximum atomic E-state index is 14.0. The molecular formula is C21H22Cl2FN3O3. The molecule has 1 aromatic heterocycles. The Labute approximate surface area is 183 Å². The number of ether oxygens (including phenoxy) is 1. The van der Waals surface area contributed by atoms with Crippen LogP contribution in [0.25, 0.3) is 10.9 Å². The van der Waals surface area contributed by atoms with Crippen molar-refractivity contribution in [1.82, 2.24) is 14.5 Å². The fourth-order valence-corrected chi connectivity index (χ4v) is 3.98. The van der Waals surface area contributed by atoms with Crippen LogP contribution in [0.1, 0.15) is 11.7 Å². The first-order chi connectivity index (χ1) is 14.0. The minimum atomic E-state index is -0.525. The van der Waals surface area contributed by atoms with Crippen LogP contribution in [0.4, 0.5) is 4.39 Å². The van der Waals surface area contributed by atoms with Gasteiger partial charge in [-0.1, -0.05) is 29.8 Å². The average molecular weight is 454 g/mol. The highest BCUT2D eigenvalue weighted by atomic mass is 35.5. The first-order valence-electron chi connectivity index (χ1n) is 9.43. The SMILES string of the molecule is Cl.Cn1c(=O)n(C[C@@H]2CNCCO[C@H]2c2ccc(Cl)c(F)c2)c(=O)c2ccccc21. The second-order valence-electron chi connectivity index (χ2n) is 7.20. The van der Waals surface area contributed by atoms with Gasteiger partial charge in [-0.15, -0.1) is 12.4 Å². The quantitative estimate of drug-likeness (QED) is 0.661. The fourth-order valence-electron chi connectivity index (χ4n) is 3.87. The van der Waals surface area contributed by atoms with Gasteiger partial charge in [0.25, 0.3) is 5.56 Å². The van der Waals surface area contributed by atoms with Crippen LogP contribution in [0.5, 0.6) is 0 Å². The molecule has 1 aliphatic rings. The van der Waals surface area contributed by atoms with Crippen molar-refractivity contribution in [3.8, 4) is 0 Å². The molecule has 0 spiro atoms. The van der Waals surface area contributed by atoms with Gasteiger partial charge < -0.3 is 10.1 Å². The molecule has 2 heterocycles. The van der Waals surface area contributed by atoms with E-state index in [-0.39, 0.29) is 41.1 Å². The predicted octanol–water partition coefficient (Wildman–Crippen LogP) is 2.89. The smallest absolute Gasteiger partial charge is 0.331 e. The van der Waals surface area contributed by atoms with Crippen molar-refractivity contribution in [2.75, 3.05) is 19.7 Å². The zero-order valence-electron chi connectivity index (χ0n) is 16.3. The number of aryl methyl sites for hydroxylation is 1. The number of aromatic nitrogens is 2. The first-order valence-corrected chi connectivity index (χ1v) is 9.81. The molecule has 0 aliphatic carbocycles. The standard InChI is InChI=1S/C21H21ClFN3O3.ClH/c1-25-18-5-3-2-4-15(18)20(27)26(21(25)28)12-14-11-24-8-9-29-19(14)13-6-7-16(22)17(23)10-13;/h2-7,10,14,19,24H,8-9,11-12H2,1H3;1H/t14-,19-;/m0./s1. The highest BCUT2D eigenvalue weighted by Gasteiger charge is 2.28. The average Bonchev–Trinajstić information content (AvgIpc) is 2.97. The van der Waals surface area contributed by atoms with Crippen LogP contribution in [-0.4, -0.2) is 28.8 Å². The molecule has 6 nitrogen and oxygen atoms in total. The summed E-state index contributed by atoms with van der Waals surface area (Å²) in [6.45, 7) is 1.75. The second kappa shape index (κ2) is 9.31. The van der Waals surface area contributed by atoms with Gasteiger partial charge >= 0.3 is 5.69 Å². The molecule has 1 aliphatic heterocycles. The van der Waals surface area contributed by atoms with Gasteiger partial charge in [0, 0.05) is 32.6 Å². The van der Waals surface area contributed by atoms with Crippen molar-refractivity contribution in [2.24, 2.45) is 13.0 Å². The van der Waals surface area contributed by atoms with Gasteiger partial charge in [-0.25, -0.2) is 9.18 Å². The maximum Gasteiger partial charge on any atom is 0.331 e. The van der Waals surface area contributed by atoms with Crippen LogP contribution in [0.3, 0.4) is 0 Å². The Balaban J connectivity index is 0.00000256. The number of nitrogens with zero attached hydrogens (tertiary/aromatic N) is 2. The molecule has 0 saturated carbocycles. The van der Waals surface area contributed by atoms with Crippen molar-refractivity contribution < 1.29 is 9.13 Å². The number of halogens is 3. The minimum absolute atomic E-state index is 0. The highest BCUT2D eigenvalue weighted by Crippen LogP contribution is 2.30. The van der Waals surface area contributed by atoms with Crippen molar-refractivity contribution in [3.05, 3.63) is 79.7 Å². The van der Waals surface area contributed by atoms with Gasteiger partial charge in [0.15, 0.2) is 0 Å². The molecule has 0 radical (unpaired) electrons. The van der Waals surface area contributed by atoms with Gasteiger partial charge in [0.2, 0.25) is 0 Å². The Morgan fingerprint density at radius 2 is 2.00 bits per heavy atom. The topological polar surface area (TPSA) is 65.3 Å². The van der Waals surface area contributed by atoms with E-state index in [2.05, 4.69) is 5.32 Å². The Kier molecular flexibility index (Phi) is 6.98. The molecule has 4 rings (SSSR count). The minimum Gasteiger partial charge on any atom is -0.372 e. The number of benzene rings is 2. The predicted molar refractivity (Wildman–Crippen MR) is 117 cm³/mol. The lowest BCUT2D eigenvalue weighted by molar-refractivity contribution is 0.0244. The summed E-state index contributed by atoms with van der Waals surface area (Å²) in [5.41, 5.74) is 0.490. The second-order valence-corrected chi connectivity index (χ2v) is 7.61. The third-order valence-electron chi connectivity index (χ3n) is 5.36. The van der Waals surface area contributed by atoms with E-state index in [9.17, 15) is 14.0 Å². The van der Waals surface area contributed by atoms with Gasteiger partial charge in [-0.3, -0.25) is 13.9 Å². The van der Waals surface area contributed by atoms with Gasteiger partial charge in [0.1, 0.15) is 5.82 Å². The molecule has 1 fully saturated rings. The number of fused-ring (bicyclic) bond motifs is 1. The summed E-state index contributed by atoms with van der Waals surface area (Å²) in [5, 5.41) is 3.78. The molecule has 0 bridgehead atoms. The van der Waals surface area contributed by atoms with Crippen molar-refractivity contribution in [1.29, 1.82) is 0 Å². The zero-order chi connectivity index (χ0) is 20.5. The summed E-state index contributed by atoms with van der Waals surface area (Å²) in [7, 11) is 1.65. The number of rotatable bonds is 3. The molecule has 0 amide bonds. The molecule has 160 valence electrons. The molecule has 2 atom stereocenters. The van der Waals surface area contributed by atoms with Crippen LogP contribution in [0.2, 0.25) is 5.02 Å². The lowest BCUT2D eigenvalue weighted by Gasteiger charge is -2.26. The third-order valence-corrected chi connectivity index (χ3v) is 5.67. The normalized spacial score (nSPS) is 19.3. The Bertz CT molecular complexity index is 1180. The van der Waals surface area contributed by atoms with E-state index in [1.807, 2.05) is 0 Å². The summed E-state index contributed by atoms with van der Waals surface area (Å²) in [5.74, 6) is -0.771.